The molecule has 0 radical (unpaired) electrons. The predicted molar refractivity (Wildman–Crippen MR) is 376 cm³/mol. The van der Waals surface area contributed by atoms with E-state index in [1.807, 2.05) is 0 Å². The zero-order chi connectivity index (χ0) is 61.5. The van der Waals surface area contributed by atoms with Gasteiger partial charge in [-0.2, -0.15) is 0 Å². The Bertz CT molecular complexity index is 4250. The van der Waals surface area contributed by atoms with E-state index in [0.717, 1.165) is 17.1 Å². The second kappa shape index (κ2) is 20.4. The summed E-state index contributed by atoms with van der Waals surface area (Å²) in [6.07, 6.45) is 0. The molecule has 0 fully saturated rings. The third kappa shape index (κ3) is 9.74. The number of benzene rings is 10. The molecular weight excluding hydrogens is 1050 g/mol. The smallest absolute Gasteiger partial charge is 0.333 e. The van der Waals surface area contributed by atoms with Crippen LogP contribution in [0, 0.1) is 6.92 Å². The van der Waals surface area contributed by atoms with Crippen LogP contribution in [0.2, 0.25) is 0 Å². The van der Waals surface area contributed by atoms with Crippen LogP contribution in [-0.4, -0.2) is 6.85 Å². The van der Waals surface area contributed by atoms with Crippen molar-refractivity contribution in [1.29, 1.82) is 0 Å². The molecule has 87 heavy (non-hydrogen) atoms. The maximum Gasteiger partial charge on any atom is 0.333 e. The van der Waals surface area contributed by atoms with Gasteiger partial charge in [0.05, 0.1) is 5.69 Å². The zero-order valence-corrected chi connectivity index (χ0v) is 54.6. The summed E-state index contributed by atoms with van der Waals surface area (Å²) in [5.41, 5.74) is 30.5. The summed E-state index contributed by atoms with van der Waals surface area (Å²) in [6.45, 7) is 39.7. The van der Waals surface area contributed by atoms with E-state index in [1.165, 1.54) is 123 Å². The normalized spacial score (nSPS) is 14.8. The van der Waals surface area contributed by atoms with Crippen LogP contribution in [-0.2, 0) is 32.5 Å². The molecule has 3 aliphatic rings. The summed E-state index contributed by atoms with van der Waals surface area (Å²) in [5, 5.41) is 0. The zero-order valence-electron chi connectivity index (χ0n) is 54.6. The summed E-state index contributed by atoms with van der Waals surface area (Å²) >= 11 is 0. The van der Waals surface area contributed by atoms with Crippen molar-refractivity contribution >= 4 is 63.3 Å². The van der Waals surface area contributed by atoms with Gasteiger partial charge in [-0.3, -0.25) is 0 Å². The molecule has 436 valence electrons. The fraction of sp³-hybridized carbons (Fsp3) is 0.277. The highest BCUT2D eigenvalue weighted by Crippen LogP contribution is 2.56. The second-order valence-electron chi connectivity index (χ2n) is 30.4. The highest BCUT2D eigenvalue weighted by atomic mass is 15.2. The lowest BCUT2D eigenvalue weighted by Gasteiger charge is -2.49. The largest absolute Gasteiger partial charge is 0.376 e. The van der Waals surface area contributed by atoms with E-state index in [1.54, 1.807) is 0 Å². The van der Waals surface area contributed by atoms with Crippen LogP contribution >= 0.6 is 0 Å². The number of nitrogens with zero attached hydrogens (tertiary/aromatic N) is 3. The second-order valence-corrected chi connectivity index (χ2v) is 30.4. The molecule has 10 aromatic rings. The first kappa shape index (κ1) is 57.7. The molecule has 0 bridgehead atoms. The van der Waals surface area contributed by atoms with E-state index in [-0.39, 0.29) is 39.3 Å². The first-order chi connectivity index (χ1) is 41.1. The van der Waals surface area contributed by atoms with Gasteiger partial charge in [-0.1, -0.05) is 244 Å². The van der Waals surface area contributed by atoms with Crippen LogP contribution in [0.25, 0.3) is 33.4 Å². The number of fused-ring (bicyclic) bond motifs is 6. The molecule has 0 aromatic heterocycles. The van der Waals surface area contributed by atoms with Crippen LogP contribution in [0.1, 0.15) is 161 Å². The molecule has 2 aliphatic heterocycles. The molecule has 0 amide bonds. The molecule has 0 N–H and O–H groups in total. The third-order valence-electron chi connectivity index (χ3n) is 19.6. The Morgan fingerprint density at radius 3 is 1.24 bits per heavy atom. The molecule has 0 atom stereocenters. The van der Waals surface area contributed by atoms with Gasteiger partial charge < -0.3 is 14.6 Å². The van der Waals surface area contributed by atoms with Crippen LogP contribution < -0.4 is 25.5 Å². The molecule has 4 heteroatoms. The van der Waals surface area contributed by atoms with Gasteiger partial charge in [-0.05, 0) is 185 Å². The maximum atomic E-state index is 2.76. The lowest BCUT2D eigenvalue weighted by molar-refractivity contribution is 0.521. The molecule has 1 aliphatic carbocycles. The van der Waals surface area contributed by atoms with Crippen molar-refractivity contribution in [3.8, 4) is 33.4 Å². The first-order valence-corrected chi connectivity index (χ1v) is 31.7. The van der Waals surface area contributed by atoms with E-state index in [2.05, 4.69) is 345 Å². The molecule has 10 aromatic carbocycles. The summed E-state index contributed by atoms with van der Waals surface area (Å²) in [4.78, 5) is 7.92. The van der Waals surface area contributed by atoms with Crippen LogP contribution in [0.5, 0.6) is 0 Å². The van der Waals surface area contributed by atoms with Gasteiger partial charge in [-0.25, -0.2) is 0 Å². The monoisotopic (exact) mass is 1140 g/mol. The van der Waals surface area contributed by atoms with Gasteiger partial charge in [0.2, 0.25) is 0 Å². The van der Waals surface area contributed by atoms with Gasteiger partial charge >= 0.3 is 6.85 Å². The van der Waals surface area contributed by atoms with Gasteiger partial charge in [0.25, 0.3) is 0 Å². The quantitative estimate of drug-likeness (QED) is 0.147. The average Bonchev–Trinajstić information content (AvgIpc) is 0.696. The molecule has 2 heterocycles. The standard InChI is InChI=1S/C83H86BN3/c1-53-46-66-65-50-62(85(60-38-32-56(33-39-60)78(2,3)4)61-40-34-57(35-41-61)79(5,6)7)42-45-74(65)87(73-44-37-59(81(11,12)13)49-64(73)55-28-22-19-23-29-55)84-71-51-69-70(83(16,17)68-31-25-24-30-67(68)82(69,14)15)52-75(71)86(76(47-53)77(66)84)72-43-36-58(80(8,9)10)48-63(72)54-26-20-18-21-27-54/h18-52H,1-17H3. The molecule has 3 nitrogen and oxygen atoms in total. The number of aryl methyl sites for hydroxylation is 1. The predicted octanol–water partition coefficient (Wildman–Crippen LogP) is 21.7. The highest BCUT2D eigenvalue weighted by Gasteiger charge is 2.50. The minimum absolute atomic E-state index is 0.0101. The summed E-state index contributed by atoms with van der Waals surface area (Å²) in [6, 6.07) is 82.4. The molecule has 0 saturated heterocycles. The molecule has 13 rings (SSSR count). The molecule has 0 unspecified atom stereocenters. The number of rotatable bonds is 7. The van der Waals surface area contributed by atoms with Crippen LogP contribution in [0.15, 0.2) is 212 Å². The Balaban J connectivity index is 1.17. The third-order valence-corrected chi connectivity index (χ3v) is 19.6. The Labute approximate surface area is 520 Å². The Morgan fingerprint density at radius 2 is 0.747 bits per heavy atom. The van der Waals surface area contributed by atoms with Crippen LogP contribution in [0.3, 0.4) is 0 Å². The van der Waals surface area contributed by atoms with Crippen molar-refractivity contribution in [3.63, 3.8) is 0 Å². The minimum Gasteiger partial charge on any atom is -0.376 e. The van der Waals surface area contributed by atoms with E-state index in [4.69, 9.17) is 0 Å². The van der Waals surface area contributed by atoms with Crippen molar-refractivity contribution < 1.29 is 0 Å². The fourth-order valence-corrected chi connectivity index (χ4v) is 14.5. The Hall–Kier alpha value is -8.34. The Kier molecular flexibility index (Phi) is 13.5. The minimum atomic E-state index is -0.295. The summed E-state index contributed by atoms with van der Waals surface area (Å²) in [7, 11) is 0. The number of hydrogen-bond acceptors (Lipinski definition) is 3. The number of anilines is 8. The fourth-order valence-electron chi connectivity index (χ4n) is 14.5. The van der Waals surface area contributed by atoms with E-state index in [9.17, 15) is 0 Å². The maximum absolute atomic E-state index is 2.76. The lowest BCUT2D eigenvalue weighted by atomic mass is 9.42. The van der Waals surface area contributed by atoms with Crippen LogP contribution in [0.4, 0.5) is 45.5 Å². The number of hydrogen-bond donors (Lipinski definition) is 0. The van der Waals surface area contributed by atoms with Crippen molar-refractivity contribution in [3.05, 3.63) is 262 Å². The lowest BCUT2D eigenvalue weighted by Crippen LogP contribution is -2.62. The van der Waals surface area contributed by atoms with E-state index >= 15 is 0 Å². The highest BCUT2D eigenvalue weighted by molar-refractivity contribution is 6.93. The average molecular weight is 1140 g/mol. The van der Waals surface area contributed by atoms with Crippen molar-refractivity contribution in [2.45, 2.75) is 150 Å². The summed E-state index contributed by atoms with van der Waals surface area (Å²) < 4.78 is 0. The first-order valence-electron chi connectivity index (χ1n) is 31.7. The topological polar surface area (TPSA) is 9.72 Å². The molecular formula is C83H86BN3. The molecule has 0 saturated carbocycles. The van der Waals surface area contributed by atoms with Crippen molar-refractivity contribution in [2.75, 3.05) is 14.6 Å². The Morgan fingerprint density at radius 1 is 0.333 bits per heavy atom. The molecule has 0 spiro atoms. The van der Waals surface area contributed by atoms with Gasteiger partial charge in [0, 0.05) is 67.3 Å². The van der Waals surface area contributed by atoms with E-state index < -0.39 is 0 Å². The van der Waals surface area contributed by atoms with Gasteiger partial charge in [-0.15, -0.1) is 0 Å². The van der Waals surface area contributed by atoms with E-state index in [0.29, 0.717) is 0 Å². The van der Waals surface area contributed by atoms with Gasteiger partial charge in [0.1, 0.15) is 0 Å². The van der Waals surface area contributed by atoms with Gasteiger partial charge in [0.15, 0.2) is 0 Å². The summed E-state index contributed by atoms with van der Waals surface area (Å²) in [5.74, 6) is 0. The van der Waals surface area contributed by atoms with Crippen molar-refractivity contribution in [1.82, 2.24) is 0 Å². The van der Waals surface area contributed by atoms with Crippen molar-refractivity contribution in [2.24, 2.45) is 0 Å². The SMILES string of the molecule is Cc1cc2c3c(c1)N(c1ccc(C(C)(C)C)cc1-c1ccccc1)c1cc4c(cc1B3N(c1ccc(C(C)(C)C)cc1-c1ccccc1)c1ccc(N(c3ccc(C(C)(C)C)cc3)c3ccc(C(C)(C)C)cc3)cc1-2)C(C)(C)c1ccccc1C4(C)C.